The topological polar surface area (TPSA) is 63.3 Å². The van der Waals surface area contributed by atoms with Crippen molar-refractivity contribution in [3.8, 4) is 0 Å². The molecule has 1 aromatic rings. The van der Waals surface area contributed by atoms with E-state index < -0.39 is 12.0 Å². The van der Waals surface area contributed by atoms with Crippen LogP contribution in [0.3, 0.4) is 0 Å². The quantitative estimate of drug-likeness (QED) is 0.790. The molecule has 0 spiro atoms. The molecule has 0 aliphatic heterocycles. The van der Waals surface area contributed by atoms with Crippen LogP contribution in [0.4, 0.5) is 0 Å². The molecule has 1 aliphatic carbocycles. The lowest BCUT2D eigenvalue weighted by molar-refractivity contribution is -0.137. The average Bonchev–Trinajstić information content (AvgIpc) is 3.00. The van der Waals surface area contributed by atoms with E-state index in [9.17, 15) is 4.79 Å². The summed E-state index contributed by atoms with van der Waals surface area (Å²) in [5.74, 6) is -0.122. The first kappa shape index (κ1) is 10.2. The van der Waals surface area contributed by atoms with Gasteiger partial charge in [-0.2, -0.15) is 0 Å². The highest BCUT2D eigenvalue weighted by Crippen LogP contribution is 2.40. The van der Waals surface area contributed by atoms with Gasteiger partial charge in [0.2, 0.25) is 0 Å². The van der Waals surface area contributed by atoms with E-state index in [2.05, 4.69) is 12.1 Å². The van der Waals surface area contributed by atoms with Crippen LogP contribution < -0.4 is 5.73 Å². The third-order valence-electron chi connectivity index (χ3n) is 2.81. The van der Waals surface area contributed by atoms with Gasteiger partial charge in [0, 0.05) is 6.04 Å². The first-order chi connectivity index (χ1) is 7.16. The van der Waals surface area contributed by atoms with Gasteiger partial charge in [0.1, 0.15) is 0 Å². The van der Waals surface area contributed by atoms with Crippen LogP contribution in [0.5, 0.6) is 0 Å². The molecule has 3 heteroatoms. The number of carbonyl (C=O) groups is 1. The van der Waals surface area contributed by atoms with E-state index in [0.29, 0.717) is 0 Å². The minimum Gasteiger partial charge on any atom is -0.481 e. The van der Waals surface area contributed by atoms with Crippen molar-refractivity contribution in [1.29, 1.82) is 0 Å². The van der Waals surface area contributed by atoms with Crippen LogP contribution in [0.2, 0.25) is 0 Å². The van der Waals surface area contributed by atoms with Crippen molar-refractivity contribution in [1.82, 2.24) is 0 Å². The van der Waals surface area contributed by atoms with Crippen LogP contribution in [-0.4, -0.2) is 11.1 Å². The summed E-state index contributed by atoms with van der Waals surface area (Å²) in [6.45, 7) is 0. The van der Waals surface area contributed by atoms with E-state index in [1.54, 1.807) is 0 Å². The summed E-state index contributed by atoms with van der Waals surface area (Å²) in [4.78, 5) is 10.5. The first-order valence-electron chi connectivity index (χ1n) is 5.24. The Morgan fingerprint density at radius 1 is 1.40 bits per heavy atom. The van der Waals surface area contributed by atoms with Gasteiger partial charge in [-0.3, -0.25) is 4.79 Å². The van der Waals surface area contributed by atoms with E-state index in [1.165, 1.54) is 18.4 Å². The highest BCUT2D eigenvalue weighted by atomic mass is 16.4. The first-order valence-corrected chi connectivity index (χ1v) is 5.24. The zero-order valence-corrected chi connectivity index (χ0v) is 8.52. The average molecular weight is 205 g/mol. The standard InChI is InChI=1S/C12H15NO2/c13-11(7-12(14)15)10-5-3-9(4-6-10)8-1-2-8/h3-6,8,11H,1-2,7,13H2,(H,14,15). The number of rotatable bonds is 4. The van der Waals surface area contributed by atoms with Gasteiger partial charge >= 0.3 is 5.97 Å². The molecule has 1 atom stereocenters. The van der Waals surface area contributed by atoms with Crippen molar-refractivity contribution < 1.29 is 9.90 Å². The smallest absolute Gasteiger partial charge is 0.305 e. The fourth-order valence-electron chi connectivity index (χ4n) is 1.74. The molecular weight excluding hydrogens is 190 g/mol. The Kier molecular flexibility index (Phi) is 2.73. The summed E-state index contributed by atoms with van der Waals surface area (Å²) in [6, 6.07) is 7.63. The Balaban J connectivity index is 2.05. The summed E-state index contributed by atoms with van der Waals surface area (Å²) in [7, 11) is 0. The van der Waals surface area contributed by atoms with Crippen molar-refractivity contribution in [2.45, 2.75) is 31.2 Å². The summed E-state index contributed by atoms with van der Waals surface area (Å²) < 4.78 is 0. The lowest BCUT2D eigenvalue weighted by Gasteiger charge is -2.09. The van der Waals surface area contributed by atoms with Crippen LogP contribution in [0, 0.1) is 0 Å². The minimum absolute atomic E-state index is 0.0111. The molecule has 0 saturated heterocycles. The van der Waals surface area contributed by atoms with Gasteiger partial charge < -0.3 is 10.8 Å². The molecule has 1 saturated carbocycles. The zero-order valence-electron chi connectivity index (χ0n) is 8.52. The maximum Gasteiger partial charge on any atom is 0.305 e. The van der Waals surface area contributed by atoms with Gasteiger partial charge in [-0.15, -0.1) is 0 Å². The summed E-state index contributed by atoms with van der Waals surface area (Å²) in [6.07, 6.45) is 2.55. The summed E-state index contributed by atoms with van der Waals surface area (Å²) in [5.41, 5.74) is 8.01. The third-order valence-corrected chi connectivity index (χ3v) is 2.81. The molecule has 0 aromatic heterocycles. The zero-order chi connectivity index (χ0) is 10.8. The molecule has 0 heterocycles. The Hall–Kier alpha value is -1.35. The van der Waals surface area contributed by atoms with Crippen LogP contribution in [0.1, 0.15) is 42.3 Å². The van der Waals surface area contributed by atoms with Crippen molar-refractivity contribution >= 4 is 5.97 Å². The van der Waals surface area contributed by atoms with E-state index in [1.807, 2.05) is 12.1 Å². The van der Waals surface area contributed by atoms with Crippen molar-refractivity contribution in [2.24, 2.45) is 5.73 Å². The van der Waals surface area contributed by atoms with Gasteiger partial charge in [0.15, 0.2) is 0 Å². The van der Waals surface area contributed by atoms with E-state index in [0.717, 1.165) is 11.5 Å². The fraction of sp³-hybridized carbons (Fsp3) is 0.417. The lowest BCUT2D eigenvalue weighted by Crippen LogP contribution is -2.14. The number of carboxylic acids is 1. The molecule has 3 nitrogen and oxygen atoms in total. The van der Waals surface area contributed by atoms with Gasteiger partial charge in [0.25, 0.3) is 0 Å². The molecule has 1 unspecified atom stereocenters. The second-order valence-electron chi connectivity index (χ2n) is 4.15. The summed E-state index contributed by atoms with van der Waals surface area (Å²) >= 11 is 0. The van der Waals surface area contributed by atoms with E-state index >= 15 is 0 Å². The molecule has 0 radical (unpaired) electrons. The predicted octanol–water partition coefficient (Wildman–Crippen LogP) is 2.04. The van der Waals surface area contributed by atoms with Crippen molar-refractivity contribution in [3.63, 3.8) is 0 Å². The normalized spacial score (nSPS) is 17.4. The van der Waals surface area contributed by atoms with Crippen LogP contribution in [0.25, 0.3) is 0 Å². The van der Waals surface area contributed by atoms with Gasteiger partial charge in [-0.1, -0.05) is 24.3 Å². The molecular formula is C12H15NO2. The van der Waals surface area contributed by atoms with Gasteiger partial charge in [-0.25, -0.2) is 0 Å². The van der Waals surface area contributed by atoms with Gasteiger partial charge in [0.05, 0.1) is 6.42 Å². The fourth-order valence-corrected chi connectivity index (χ4v) is 1.74. The van der Waals surface area contributed by atoms with Crippen LogP contribution in [0.15, 0.2) is 24.3 Å². The minimum atomic E-state index is -0.853. The summed E-state index contributed by atoms with van der Waals surface area (Å²) in [5, 5.41) is 8.62. The highest BCUT2D eigenvalue weighted by molar-refractivity contribution is 5.67. The second-order valence-corrected chi connectivity index (χ2v) is 4.15. The number of benzene rings is 1. The highest BCUT2D eigenvalue weighted by Gasteiger charge is 2.23. The molecule has 80 valence electrons. The van der Waals surface area contributed by atoms with Crippen LogP contribution >= 0.6 is 0 Å². The molecule has 15 heavy (non-hydrogen) atoms. The molecule has 1 aliphatic rings. The Morgan fingerprint density at radius 2 is 2.00 bits per heavy atom. The largest absolute Gasteiger partial charge is 0.481 e. The number of hydrogen-bond acceptors (Lipinski definition) is 2. The monoisotopic (exact) mass is 205 g/mol. The number of hydrogen-bond donors (Lipinski definition) is 2. The number of aliphatic carboxylic acids is 1. The SMILES string of the molecule is NC(CC(=O)O)c1ccc(C2CC2)cc1. The molecule has 2 rings (SSSR count). The second kappa shape index (κ2) is 4.03. The number of nitrogens with two attached hydrogens (primary N) is 1. The molecule has 3 N–H and O–H groups in total. The maximum absolute atomic E-state index is 10.5. The molecule has 1 fully saturated rings. The number of carboxylic acid groups (broad SMARTS) is 1. The van der Waals surface area contributed by atoms with E-state index in [-0.39, 0.29) is 6.42 Å². The van der Waals surface area contributed by atoms with Crippen molar-refractivity contribution in [3.05, 3.63) is 35.4 Å². The van der Waals surface area contributed by atoms with E-state index in [4.69, 9.17) is 10.8 Å². The molecule has 1 aromatic carbocycles. The lowest BCUT2D eigenvalue weighted by atomic mass is 10.0. The Labute approximate surface area is 88.9 Å². The van der Waals surface area contributed by atoms with Crippen LogP contribution in [-0.2, 0) is 4.79 Å². The predicted molar refractivity (Wildman–Crippen MR) is 57.6 cm³/mol. The Bertz CT molecular complexity index is 354. The third kappa shape index (κ3) is 2.57. The van der Waals surface area contributed by atoms with Crippen molar-refractivity contribution in [2.75, 3.05) is 0 Å². The van der Waals surface area contributed by atoms with Gasteiger partial charge in [-0.05, 0) is 29.9 Å². The molecule has 0 bridgehead atoms. The maximum atomic E-state index is 10.5. The molecule has 0 amide bonds. The Morgan fingerprint density at radius 3 is 2.47 bits per heavy atom.